The fourth-order valence-corrected chi connectivity index (χ4v) is 3.07. The van der Waals surface area contributed by atoms with Crippen molar-refractivity contribution in [3.63, 3.8) is 0 Å². The largest absolute Gasteiger partial charge is 0.366 e. The van der Waals surface area contributed by atoms with Gasteiger partial charge in [-0.15, -0.1) is 0 Å². The lowest BCUT2D eigenvalue weighted by Gasteiger charge is -2.15. The molecule has 2 N–H and O–H groups in total. The Morgan fingerprint density at radius 2 is 1.82 bits per heavy atom. The van der Waals surface area contributed by atoms with E-state index in [9.17, 15) is 4.79 Å². The van der Waals surface area contributed by atoms with Crippen LogP contribution in [0.15, 0.2) is 12.7 Å². The van der Waals surface area contributed by atoms with E-state index in [1.165, 1.54) is 18.9 Å². The number of hydrogen-bond acceptors (Lipinski definition) is 3. The summed E-state index contributed by atoms with van der Waals surface area (Å²) in [5, 5.41) is 0. The standard InChI is InChI=1S/C9H22O2Si.C3H5NO/c1-4-7-8-12-9(10-5-2)11-6-3;1-2-3(4)5/h9H,4-8,12H2,1-3H3;2H,1H2,(H2,4,5). The van der Waals surface area contributed by atoms with Crippen molar-refractivity contribution in [3.05, 3.63) is 12.7 Å². The Labute approximate surface area is 107 Å². The zero-order valence-corrected chi connectivity index (χ0v) is 12.8. The minimum Gasteiger partial charge on any atom is -0.366 e. The second-order valence-corrected chi connectivity index (χ2v) is 5.39. The second kappa shape index (κ2) is 15.3. The van der Waals surface area contributed by atoms with Crippen LogP contribution in [-0.4, -0.2) is 34.6 Å². The number of amides is 1. The lowest BCUT2D eigenvalue weighted by atomic mass is 10.4. The molecule has 0 saturated carbocycles. The van der Waals surface area contributed by atoms with Crippen LogP contribution >= 0.6 is 0 Å². The molecule has 0 rings (SSSR count). The number of carbonyl (C=O) groups is 1. The quantitative estimate of drug-likeness (QED) is 0.295. The van der Waals surface area contributed by atoms with Crippen LogP contribution in [0.5, 0.6) is 0 Å². The summed E-state index contributed by atoms with van der Waals surface area (Å²) in [7, 11) is -0.152. The molecule has 1 amide bonds. The van der Waals surface area contributed by atoms with Crippen LogP contribution in [-0.2, 0) is 14.3 Å². The summed E-state index contributed by atoms with van der Waals surface area (Å²) in [6.45, 7) is 10.9. The highest BCUT2D eigenvalue weighted by atomic mass is 28.2. The van der Waals surface area contributed by atoms with E-state index in [2.05, 4.69) is 19.2 Å². The molecule has 0 atom stereocenters. The molecule has 0 unspecified atom stereocenters. The van der Waals surface area contributed by atoms with Crippen LogP contribution in [0.2, 0.25) is 6.04 Å². The molecule has 0 aliphatic rings. The zero-order valence-electron chi connectivity index (χ0n) is 11.4. The first-order chi connectivity index (χ1) is 8.12. The van der Waals surface area contributed by atoms with E-state index < -0.39 is 5.91 Å². The van der Waals surface area contributed by atoms with Crippen LogP contribution < -0.4 is 5.73 Å². The van der Waals surface area contributed by atoms with E-state index in [4.69, 9.17) is 9.47 Å². The Kier molecular flexibility index (Phi) is 16.9. The van der Waals surface area contributed by atoms with E-state index in [0.717, 1.165) is 19.3 Å². The highest BCUT2D eigenvalue weighted by Gasteiger charge is 2.06. The first kappa shape index (κ1) is 18.7. The monoisotopic (exact) mass is 261 g/mol. The van der Waals surface area contributed by atoms with Gasteiger partial charge in [0.2, 0.25) is 5.91 Å². The molecule has 0 aromatic rings. The number of ether oxygens (including phenoxy) is 2. The van der Waals surface area contributed by atoms with E-state index in [1.54, 1.807) is 0 Å². The fraction of sp³-hybridized carbons (Fsp3) is 0.750. The minimum absolute atomic E-state index is 0.152. The van der Waals surface area contributed by atoms with E-state index in [-0.39, 0.29) is 15.4 Å². The molecule has 0 heterocycles. The van der Waals surface area contributed by atoms with E-state index in [1.807, 2.05) is 13.8 Å². The number of primary amides is 1. The maximum absolute atomic E-state index is 9.47. The van der Waals surface area contributed by atoms with Crippen LogP contribution in [0.1, 0.15) is 33.6 Å². The molecule has 17 heavy (non-hydrogen) atoms. The van der Waals surface area contributed by atoms with Gasteiger partial charge in [0.15, 0.2) is 0 Å². The molecule has 4 nitrogen and oxygen atoms in total. The van der Waals surface area contributed by atoms with Gasteiger partial charge >= 0.3 is 0 Å². The minimum atomic E-state index is -0.481. The summed E-state index contributed by atoms with van der Waals surface area (Å²) >= 11 is 0. The molecular formula is C12H27NO3Si. The number of rotatable bonds is 9. The Balaban J connectivity index is 0. The van der Waals surface area contributed by atoms with Gasteiger partial charge in [-0.05, 0) is 19.9 Å². The third kappa shape index (κ3) is 17.9. The molecule has 0 spiro atoms. The van der Waals surface area contributed by atoms with Gasteiger partial charge in [-0.3, -0.25) is 4.79 Å². The Bertz CT molecular complexity index is 183. The summed E-state index contributed by atoms with van der Waals surface area (Å²) in [4.78, 5) is 9.47. The van der Waals surface area contributed by atoms with Gasteiger partial charge < -0.3 is 15.2 Å². The maximum atomic E-state index is 9.47. The normalized spacial score (nSPS) is 10.4. The molecule has 0 aromatic heterocycles. The van der Waals surface area contributed by atoms with Crippen LogP contribution in [0.4, 0.5) is 0 Å². The molecule has 102 valence electrons. The van der Waals surface area contributed by atoms with Crippen molar-refractivity contribution in [2.24, 2.45) is 5.73 Å². The molecule has 5 heteroatoms. The van der Waals surface area contributed by atoms with Crippen LogP contribution in [0, 0.1) is 0 Å². The first-order valence-corrected chi connectivity index (χ1v) is 8.08. The molecular weight excluding hydrogens is 234 g/mol. The summed E-state index contributed by atoms with van der Waals surface area (Å²) in [5.41, 5.74) is 4.53. The lowest BCUT2D eigenvalue weighted by Crippen LogP contribution is -2.24. The van der Waals surface area contributed by atoms with Crippen molar-refractivity contribution in [3.8, 4) is 0 Å². The molecule has 0 bridgehead atoms. The zero-order chi connectivity index (χ0) is 13.5. The third-order valence-electron chi connectivity index (χ3n) is 1.95. The van der Waals surface area contributed by atoms with E-state index in [0.29, 0.717) is 0 Å². The summed E-state index contributed by atoms with van der Waals surface area (Å²) in [5.74, 6) is -0.309. The predicted octanol–water partition coefficient (Wildman–Crippen LogP) is 1.39. The van der Waals surface area contributed by atoms with Gasteiger partial charge in [0, 0.05) is 13.2 Å². The average Bonchev–Trinajstić information content (AvgIpc) is 2.30. The van der Waals surface area contributed by atoms with Gasteiger partial charge in [0.25, 0.3) is 0 Å². The SMILES string of the molecule is C=CC(N)=O.CCCC[SiH2]C(OCC)OCC. The molecule has 0 aromatic carbocycles. The topological polar surface area (TPSA) is 61.6 Å². The Morgan fingerprint density at radius 1 is 1.35 bits per heavy atom. The highest BCUT2D eigenvalue weighted by molar-refractivity contribution is 6.36. The molecule has 0 aliphatic heterocycles. The number of nitrogens with two attached hydrogens (primary N) is 1. The number of hydrogen-bond donors (Lipinski definition) is 1. The van der Waals surface area contributed by atoms with Gasteiger partial charge in [-0.25, -0.2) is 0 Å². The molecule has 0 saturated heterocycles. The van der Waals surface area contributed by atoms with Gasteiger partial charge in [0.1, 0.15) is 5.91 Å². The molecule has 0 radical (unpaired) electrons. The van der Waals surface area contributed by atoms with Gasteiger partial charge in [-0.2, -0.15) is 0 Å². The number of unbranched alkanes of at least 4 members (excludes halogenated alkanes) is 1. The van der Waals surface area contributed by atoms with Crippen molar-refractivity contribution < 1.29 is 14.3 Å². The van der Waals surface area contributed by atoms with Crippen molar-refractivity contribution in [1.29, 1.82) is 0 Å². The highest BCUT2D eigenvalue weighted by Crippen LogP contribution is 2.00. The van der Waals surface area contributed by atoms with Gasteiger partial charge in [0.05, 0.1) is 9.52 Å². The van der Waals surface area contributed by atoms with Crippen LogP contribution in [0.3, 0.4) is 0 Å². The Morgan fingerprint density at radius 3 is 2.12 bits per heavy atom. The van der Waals surface area contributed by atoms with Crippen molar-refractivity contribution in [1.82, 2.24) is 0 Å². The Hall–Kier alpha value is -0.653. The second-order valence-electron chi connectivity index (χ2n) is 3.44. The van der Waals surface area contributed by atoms with Gasteiger partial charge in [-0.1, -0.05) is 32.4 Å². The average molecular weight is 261 g/mol. The van der Waals surface area contributed by atoms with E-state index >= 15 is 0 Å². The third-order valence-corrected chi connectivity index (χ3v) is 3.80. The predicted molar refractivity (Wildman–Crippen MR) is 74.7 cm³/mol. The maximum Gasteiger partial charge on any atom is 0.240 e. The lowest BCUT2D eigenvalue weighted by molar-refractivity contribution is -0.113. The fourth-order valence-electron chi connectivity index (χ4n) is 1.15. The van der Waals surface area contributed by atoms with Crippen LogP contribution in [0.25, 0.3) is 0 Å². The number of carbonyl (C=O) groups excluding carboxylic acids is 1. The first-order valence-electron chi connectivity index (χ1n) is 6.27. The summed E-state index contributed by atoms with van der Waals surface area (Å²) in [6, 6.07) is 1.35. The van der Waals surface area contributed by atoms with Crippen molar-refractivity contribution in [2.45, 2.75) is 45.6 Å². The summed E-state index contributed by atoms with van der Waals surface area (Å²) in [6.07, 6.45) is 3.68. The molecule has 0 aliphatic carbocycles. The van der Waals surface area contributed by atoms with Crippen molar-refractivity contribution in [2.75, 3.05) is 13.2 Å². The smallest absolute Gasteiger partial charge is 0.240 e. The summed E-state index contributed by atoms with van der Waals surface area (Å²) < 4.78 is 10.9. The molecule has 0 fully saturated rings. The van der Waals surface area contributed by atoms with Crippen molar-refractivity contribution >= 4 is 15.4 Å².